The zero-order valence-corrected chi connectivity index (χ0v) is 22.7. The average molecular weight is 572 g/mol. The van der Waals surface area contributed by atoms with Gasteiger partial charge in [0.25, 0.3) is 0 Å². The molecule has 0 radical (unpaired) electrons. The monoisotopic (exact) mass is 571 g/mol. The summed E-state index contributed by atoms with van der Waals surface area (Å²) < 4.78 is 25.6. The van der Waals surface area contributed by atoms with Gasteiger partial charge < -0.3 is 14.0 Å². The van der Waals surface area contributed by atoms with Crippen molar-refractivity contribution in [2.75, 3.05) is 6.61 Å². The van der Waals surface area contributed by atoms with Crippen molar-refractivity contribution in [2.45, 2.75) is 13.1 Å². The molecule has 6 nitrogen and oxygen atoms in total. The fourth-order valence-electron chi connectivity index (χ4n) is 4.07. The number of aromatic nitrogens is 1. The zero-order valence-electron chi connectivity index (χ0n) is 19.5. The Morgan fingerprint density at radius 2 is 1.84 bits per heavy atom. The number of halogens is 2. The zero-order chi connectivity index (χ0) is 26.2. The molecule has 3 heterocycles. The molecule has 5 rings (SSSR count). The van der Waals surface area contributed by atoms with Gasteiger partial charge in [0.1, 0.15) is 16.2 Å². The molecule has 1 N–H and O–H groups in total. The van der Waals surface area contributed by atoms with Gasteiger partial charge in [-0.1, -0.05) is 47.5 Å². The predicted molar refractivity (Wildman–Crippen MR) is 149 cm³/mol. The van der Waals surface area contributed by atoms with Crippen LogP contribution in [-0.2, 0) is 15.3 Å². The van der Waals surface area contributed by atoms with Crippen LogP contribution >= 0.6 is 41.9 Å². The Labute approximate surface area is 226 Å². The highest BCUT2D eigenvalue weighted by Gasteiger charge is 2.32. The van der Waals surface area contributed by atoms with Crippen LogP contribution in [0.25, 0.3) is 32.9 Å². The van der Waals surface area contributed by atoms with Crippen molar-refractivity contribution in [3.63, 3.8) is 0 Å². The Hall–Kier alpha value is -2.93. The van der Waals surface area contributed by atoms with Gasteiger partial charge in [-0.2, -0.15) is 0 Å². The van der Waals surface area contributed by atoms with Crippen molar-refractivity contribution < 1.29 is 23.4 Å². The van der Waals surface area contributed by atoms with Crippen LogP contribution in [-0.4, -0.2) is 22.7 Å². The van der Waals surface area contributed by atoms with Gasteiger partial charge in [-0.25, -0.2) is 4.79 Å². The van der Waals surface area contributed by atoms with Crippen molar-refractivity contribution >= 4 is 64.3 Å². The van der Waals surface area contributed by atoms with E-state index in [-0.39, 0.29) is 22.7 Å². The third-order valence-electron chi connectivity index (χ3n) is 5.74. The second-order valence-electron chi connectivity index (χ2n) is 8.19. The molecule has 188 valence electrons. The number of pyridine rings is 1. The Bertz CT molecular complexity index is 1630. The minimum absolute atomic E-state index is 0.104. The van der Waals surface area contributed by atoms with Crippen LogP contribution in [0.15, 0.2) is 77.3 Å². The number of thiophene rings is 1. The first-order valence-corrected chi connectivity index (χ1v) is 14.7. The topological polar surface area (TPSA) is 89.6 Å². The molecule has 2 aromatic carbocycles. The van der Waals surface area contributed by atoms with E-state index in [4.69, 9.17) is 32.1 Å². The largest absolute Gasteiger partial charge is 0.477 e. The van der Waals surface area contributed by atoms with Gasteiger partial charge in [-0.15, -0.1) is 11.3 Å². The smallest absolute Gasteiger partial charge is 0.346 e. The number of aromatic carboxylic acids is 1. The average Bonchev–Trinajstić information content (AvgIpc) is 3.48. The second kappa shape index (κ2) is 10.4. The van der Waals surface area contributed by atoms with Crippen molar-refractivity contribution in [1.29, 1.82) is 0 Å². The van der Waals surface area contributed by atoms with E-state index in [0.29, 0.717) is 27.2 Å². The lowest BCUT2D eigenvalue weighted by molar-refractivity contribution is 0.0701. The van der Waals surface area contributed by atoms with Gasteiger partial charge in [0.2, 0.25) is 7.37 Å². The first-order chi connectivity index (χ1) is 17.8. The highest BCUT2D eigenvalue weighted by atomic mass is 35.5. The van der Waals surface area contributed by atoms with E-state index < -0.39 is 13.3 Å². The van der Waals surface area contributed by atoms with Crippen LogP contribution in [0, 0.1) is 0 Å². The molecule has 37 heavy (non-hydrogen) atoms. The fourth-order valence-corrected chi connectivity index (χ4v) is 8.20. The number of fused-ring (bicyclic) bond motifs is 1. The number of rotatable bonds is 8. The van der Waals surface area contributed by atoms with Crippen molar-refractivity contribution in [1.82, 2.24) is 4.98 Å². The molecule has 0 fully saturated rings. The van der Waals surface area contributed by atoms with Gasteiger partial charge in [-0.3, -0.25) is 9.55 Å². The van der Waals surface area contributed by atoms with E-state index in [2.05, 4.69) is 4.98 Å². The number of benzene rings is 2. The quantitative estimate of drug-likeness (QED) is 0.188. The Kier molecular flexibility index (Phi) is 7.26. The van der Waals surface area contributed by atoms with Crippen LogP contribution in [0.4, 0.5) is 0 Å². The first-order valence-electron chi connectivity index (χ1n) is 11.3. The summed E-state index contributed by atoms with van der Waals surface area (Å²) in [6.45, 7) is 1.90. The molecule has 1 atom stereocenters. The summed E-state index contributed by atoms with van der Waals surface area (Å²) in [7, 11) is -3.52. The van der Waals surface area contributed by atoms with E-state index in [9.17, 15) is 14.5 Å². The highest BCUT2D eigenvalue weighted by molar-refractivity contribution is 7.66. The lowest BCUT2D eigenvalue weighted by Gasteiger charge is -2.19. The van der Waals surface area contributed by atoms with Gasteiger partial charge in [0.05, 0.1) is 23.1 Å². The van der Waals surface area contributed by atoms with E-state index in [0.717, 1.165) is 32.9 Å². The normalized spacial score (nSPS) is 13.1. The molecule has 1 unspecified atom stereocenters. The van der Waals surface area contributed by atoms with Crippen molar-refractivity contribution in [2.24, 2.45) is 0 Å². The minimum atomic E-state index is -3.52. The molecular formula is C27H20Cl2NO5PS. The van der Waals surface area contributed by atoms with Gasteiger partial charge in [0.15, 0.2) is 5.58 Å². The van der Waals surface area contributed by atoms with Gasteiger partial charge >= 0.3 is 5.97 Å². The molecule has 0 aliphatic rings. The maximum Gasteiger partial charge on any atom is 0.346 e. The molecule has 5 aromatic rings. The van der Waals surface area contributed by atoms with E-state index in [1.807, 2.05) is 42.5 Å². The molecule has 0 amide bonds. The van der Waals surface area contributed by atoms with Crippen LogP contribution in [0.3, 0.4) is 0 Å². The number of hydrogen-bond donors (Lipinski definition) is 1. The number of hydrogen-bond acceptors (Lipinski definition) is 6. The third-order valence-corrected chi connectivity index (χ3v) is 10.2. The van der Waals surface area contributed by atoms with Crippen LogP contribution in [0.2, 0.25) is 10.0 Å². The molecular weight excluding hydrogens is 552 g/mol. The molecule has 3 aromatic heterocycles. The summed E-state index contributed by atoms with van der Waals surface area (Å²) >= 11 is 13.5. The fraction of sp³-hybridized carbons (Fsp3) is 0.111. The molecule has 10 heteroatoms. The van der Waals surface area contributed by atoms with Crippen molar-refractivity contribution in [3.8, 4) is 21.8 Å². The van der Waals surface area contributed by atoms with Crippen LogP contribution < -0.4 is 5.30 Å². The number of carboxylic acid groups (broad SMARTS) is 1. The Morgan fingerprint density at radius 1 is 1.08 bits per heavy atom. The lowest BCUT2D eigenvalue weighted by atomic mass is 10.1. The highest BCUT2D eigenvalue weighted by Crippen LogP contribution is 2.52. The van der Waals surface area contributed by atoms with Gasteiger partial charge in [-0.05, 0) is 54.4 Å². The number of carbonyl (C=O) groups is 1. The first kappa shape index (κ1) is 25.7. The predicted octanol–water partition coefficient (Wildman–Crippen LogP) is 8.37. The summed E-state index contributed by atoms with van der Waals surface area (Å²) in [5.74, 6) is -0.404. The number of nitrogens with zero attached hydrogens (tertiary/aromatic N) is 1. The molecule has 0 spiro atoms. The third kappa shape index (κ3) is 5.24. The molecule has 0 aliphatic heterocycles. The summed E-state index contributed by atoms with van der Waals surface area (Å²) in [5, 5.41) is 10.8. The molecule has 0 aliphatic carbocycles. The van der Waals surface area contributed by atoms with Crippen LogP contribution in [0.1, 0.15) is 22.2 Å². The SMILES string of the molecule is CCOP(=O)(Cc1cc(-c2ccc(-c3cc4ncccc4o3)cc2)sc1C(=O)O)c1ccc(Cl)cc1Cl. The lowest BCUT2D eigenvalue weighted by Crippen LogP contribution is -2.12. The van der Waals surface area contributed by atoms with E-state index in [1.54, 1.807) is 31.3 Å². The summed E-state index contributed by atoms with van der Waals surface area (Å²) in [5.41, 5.74) is 3.59. The Morgan fingerprint density at radius 3 is 2.51 bits per heavy atom. The standard InChI is InChI=1S/C27H20Cl2NO5PS/c1-2-34-36(33,24-10-9-19(28)13-20(24)29)15-18-12-25(37-26(18)27(31)32)17-7-5-16(6-8-17)23-14-21-22(35-23)4-3-11-30-21/h3-14H,2,15H2,1H3,(H,31,32). The van der Waals surface area contributed by atoms with Crippen LogP contribution in [0.5, 0.6) is 0 Å². The summed E-state index contributed by atoms with van der Waals surface area (Å²) in [6, 6.07) is 19.6. The molecule has 0 saturated carbocycles. The maximum atomic E-state index is 14.0. The second-order valence-corrected chi connectivity index (χ2v) is 12.5. The maximum absolute atomic E-state index is 14.0. The molecule has 0 bridgehead atoms. The number of carboxylic acids is 1. The van der Waals surface area contributed by atoms with E-state index in [1.165, 1.54) is 6.07 Å². The van der Waals surface area contributed by atoms with E-state index >= 15 is 0 Å². The van der Waals surface area contributed by atoms with Gasteiger partial charge in [0, 0.05) is 27.7 Å². The summed E-state index contributed by atoms with van der Waals surface area (Å²) in [4.78, 5) is 17.2. The number of furan rings is 1. The molecule has 0 saturated heterocycles. The Balaban J connectivity index is 1.48. The minimum Gasteiger partial charge on any atom is -0.477 e. The summed E-state index contributed by atoms with van der Waals surface area (Å²) in [6.07, 6.45) is 1.61. The van der Waals surface area contributed by atoms with Crippen molar-refractivity contribution in [3.05, 3.63) is 93.4 Å².